The van der Waals surface area contributed by atoms with E-state index in [4.69, 9.17) is 5.73 Å². The van der Waals surface area contributed by atoms with E-state index in [1.165, 1.54) is 6.20 Å². The molecule has 0 radical (unpaired) electrons. The summed E-state index contributed by atoms with van der Waals surface area (Å²) in [6, 6.07) is 1.64. The number of hydrogen-bond donors (Lipinski definition) is 1. The van der Waals surface area contributed by atoms with Gasteiger partial charge in [0.05, 0.1) is 4.92 Å². The highest BCUT2D eigenvalue weighted by atomic mass is 16.6. The maximum Gasteiger partial charge on any atom is 0.291 e. The van der Waals surface area contributed by atoms with Crippen LogP contribution >= 0.6 is 0 Å². The zero-order valence-corrected chi connectivity index (χ0v) is 8.23. The Hall–Kier alpha value is -1.49. The molecule has 0 aliphatic heterocycles. The number of nitrogens with zero attached hydrogens (tertiary/aromatic N) is 2. The van der Waals surface area contributed by atoms with E-state index in [9.17, 15) is 10.1 Å². The fourth-order valence-electron chi connectivity index (χ4n) is 1.21. The molecule has 1 aromatic heterocycles. The maximum atomic E-state index is 10.7. The Labute approximate surface area is 82.1 Å². The number of pyridine rings is 1. The maximum absolute atomic E-state index is 10.7. The molecule has 0 saturated heterocycles. The van der Waals surface area contributed by atoms with Gasteiger partial charge in [-0.1, -0.05) is 13.8 Å². The van der Waals surface area contributed by atoms with Crippen molar-refractivity contribution in [3.8, 4) is 0 Å². The van der Waals surface area contributed by atoms with E-state index in [1.807, 2.05) is 13.8 Å². The summed E-state index contributed by atoms with van der Waals surface area (Å²) in [6.07, 6.45) is 2.80. The van der Waals surface area contributed by atoms with Crippen molar-refractivity contribution in [3.63, 3.8) is 0 Å². The highest BCUT2D eigenvalue weighted by Crippen LogP contribution is 2.29. The van der Waals surface area contributed by atoms with Crippen molar-refractivity contribution in [2.24, 2.45) is 5.73 Å². The molecule has 1 heterocycles. The normalized spacial score (nSPS) is 11.4. The van der Waals surface area contributed by atoms with Gasteiger partial charge in [0.2, 0.25) is 0 Å². The Kier molecular flexibility index (Phi) is 2.81. The van der Waals surface area contributed by atoms with Gasteiger partial charge in [0, 0.05) is 23.7 Å². The molecule has 1 aromatic rings. The van der Waals surface area contributed by atoms with E-state index < -0.39 is 10.3 Å². The van der Waals surface area contributed by atoms with Crippen molar-refractivity contribution in [3.05, 3.63) is 34.1 Å². The van der Waals surface area contributed by atoms with Gasteiger partial charge < -0.3 is 5.73 Å². The van der Waals surface area contributed by atoms with Gasteiger partial charge in [-0.05, 0) is 6.07 Å². The average Bonchev–Trinajstić information content (AvgIpc) is 2.18. The molecule has 0 fully saturated rings. The van der Waals surface area contributed by atoms with E-state index in [1.54, 1.807) is 12.3 Å². The van der Waals surface area contributed by atoms with Crippen molar-refractivity contribution >= 4 is 5.69 Å². The minimum absolute atomic E-state index is 0.0305. The highest BCUT2D eigenvalue weighted by Gasteiger charge is 2.27. The molecular weight excluding hydrogens is 182 g/mol. The summed E-state index contributed by atoms with van der Waals surface area (Å²) >= 11 is 0. The van der Waals surface area contributed by atoms with Crippen LogP contribution in [0.1, 0.15) is 19.4 Å². The van der Waals surface area contributed by atoms with Gasteiger partial charge in [-0.15, -0.1) is 0 Å². The molecular formula is C9H13N3O2. The third kappa shape index (κ3) is 1.88. The Balaban J connectivity index is 3.27. The second-order valence-electron chi connectivity index (χ2n) is 3.74. The van der Waals surface area contributed by atoms with Crippen LogP contribution in [-0.2, 0) is 5.41 Å². The molecule has 5 heteroatoms. The molecule has 0 atom stereocenters. The second kappa shape index (κ2) is 3.71. The first-order valence-electron chi connectivity index (χ1n) is 4.28. The third-order valence-corrected chi connectivity index (χ3v) is 2.24. The number of nitrogens with two attached hydrogens (primary N) is 1. The van der Waals surface area contributed by atoms with Crippen LogP contribution in [-0.4, -0.2) is 16.5 Å². The lowest BCUT2D eigenvalue weighted by Gasteiger charge is -2.21. The molecule has 0 aromatic carbocycles. The number of aromatic nitrogens is 1. The first-order chi connectivity index (χ1) is 6.49. The molecule has 0 saturated carbocycles. The SMILES string of the molecule is CC(C)(CN)c1ccncc1[N+](=O)[O-]. The lowest BCUT2D eigenvalue weighted by molar-refractivity contribution is -0.386. The van der Waals surface area contributed by atoms with Crippen LogP contribution in [0.2, 0.25) is 0 Å². The lowest BCUT2D eigenvalue weighted by Crippen LogP contribution is -2.29. The lowest BCUT2D eigenvalue weighted by atomic mass is 9.84. The molecule has 0 amide bonds. The first kappa shape index (κ1) is 10.6. The smallest absolute Gasteiger partial charge is 0.291 e. The fourth-order valence-corrected chi connectivity index (χ4v) is 1.21. The average molecular weight is 195 g/mol. The van der Waals surface area contributed by atoms with Crippen molar-refractivity contribution < 1.29 is 4.92 Å². The van der Waals surface area contributed by atoms with E-state index in [-0.39, 0.29) is 5.69 Å². The van der Waals surface area contributed by atoms with Crippen LogP contribution in [0.4, 0.5) is 5.69 Å². The van der Waals surface area contributed by atoms with Gasteiger partial charge in [-0.3, -0.25) is 15.1 Å². The zero-order valence-electron chi connectivity index (χ0n) is 8.23. The summed E-state index contributed by atoms with van der Waals surface area (Å²) in [4.78, 5) is 14.0. The molecule has 14 heavy (non-hydrogen) atoms. The molecule has 0 spiro atoms. The summed E-state index contributed by atoms with van der Waals surface area (Å²) in [7, 11) is 0. The van der Waals surface area contributed by atoms with Crippen LogP contribution in [0.15, 0.2) is 18.5 Å². The monoisotopic (exact) mass is 195 g/mol. The van der Waals surface area contributed by atoms with Gasteiger partial charge in [-0.25, -0.2) is 0 Å². The number of rotatable bonds is 3. The first-order valence-corrected chi connectivity index (χ1v) is 4.28. The van der Waals surface area contributed by atoms with Gasteiger partial charge in [0.1, 0.15) is 6.20 Å². The minimum atomic E-state index is -0.431. The van der Waals surface area contributed by atoms with Gasteiger partial charge in [0.25, 0.3) is 5.69 Å². The standard InChI is InChI=1S/C9H13N3O2/c1-9(2,6-10)7-3-4-11-5-8(7)12(13)14/h3-5H,6,10H2,1-2H3. The molecule has 1 rings (SSSR count). The molecule has 0 unspecified atom stereocenters. The molecule has 0 bridgehead atoms. The predicted molar refractivity (Wildman–Crippen MR) is 53.0 cm³/mol. The van der Waals surface area contributed by atoms with Crippen LogP contribution in [0.5, 0.6) is 0 Å². The van der Waals surface area contributed by atoms with E-state index >= 15 is 0 Å². The Bertz CT molecular complexity index is 350. The Morgan fingerprint density at radius 1 is 1.64 bits per heavy atom. The van der Waals surface area contributed by atoms with E-state index in [0.717, 1.165) is 0 Å². The van der Waals surface area contributed by atoms with Crippen molar-refractivity contribution in [2.45, 2.75) is 19.3 Å². The molecule has 5 nitrogen and oxygen atoms in total. The second-order valence-corrected chi connectivity index (χ2v) is 3.74. The number of hydrogen-bond acceptors (Lipinski definition) is 4. The van der Waals surface area contributed by atoms with Gasteiger partial charge in [0.15, 0.2) is 0 Å². The van der Waals surface area contributed by atoms with Crippen molar-refractivity contribution in [1.82, 2.24) is 4.98 Å². The molecule has 76 valence electrons. The van der Waals surface area contributed by atoms with Crippen LogP contribution in [0.25, 0.3) is 0 Å². The molecule has 2 N–H and O–H groups in total. The summed E-state index contributed by atoms with van der Waals surface area (Å²) in [5, 5.41) is 10.7. The Morgan fingerprint density at radius 3 is 2.79 bits per heavy atom. The van der Waals surface area contributed by atoms with E-state index in [2.05, 4.69) is 4.98 Å². The quantitative estimate of drug-likeness (QED) is 0.580. The predicted octanol–water partition coefficient (Wildman–Crippen LogP) is 1.23. The van der Waals surface area contributed by atoms with Crippen molar-refractivity contribution in [1.29, 1.82) is 0 Å². The third-order valence-electron chi connectivity index (χ3n) is 2.24. The molecule has 0 aliphatic carbocycles. The van der Waals surface area contributed by atoms with Gasteiger partial charge >= 0.3 is 0 Å². The zero-order chi connectivity index (χ0) is 10.8. The largest absolute Gasteiger partial charge is 0.330 e. The summed E-state index contributed by atoms with van der Waals surface area (Å²) in [5.41, 5.74) is 5.82. The number of nitro groups is 1. The highest BCUT2D eigenvalue weighted by molar-refractivity contribution is 5.42. The summed E-state index contributed by atoms with van der Waals surface area (Å²) < 4.78 is 0. The van der Waals surface area contributed by atoms with E-state index in [0.29, 0.717) is 12.1 Å². The van der Waals surface area contributed by atoms with Crippen molar-refractivity contribution in [2.75, 3.05) is 6.54 Å². The fraction of sp³-hybridized carbons (Fsp3) is 0.444. The summed E-state index contributed by atoms with van der Waals surface area (Å²) in [6.45, 7) is 4.10. The van der Waals surface area contributed by atoms with Crippen LogP contribution < -0.4 is 5.73 Å². The Morgan fingerprint density at radius 2 is 2.29 bits per heavy atom. The minimum Gasteiger partial charge on any atom is -0.330 e. The molecule has 0 aliphatic rings. The van der Waals surface area contributed by atoms with Crippen LogP contribution in [0, 0.1) is 10.1 Å². The summed E-state index contributed by atoms with van der Waals surface area (Å²) in [5.74, 6) is 0. The van der Waals surface area contributed by atoms with Gasteiger partial charge in [-0.2, -0.15) is 0 Å². The van der Waals surface area contributed by atoms with Crippen LogP contribution in [0.3, 0.4) is 0 Å². The topological polar surface area (TPSA) is 82.0 Å².